The second kappa shape index (κ2) is 9.62. The standard InChI is InChI=1S/C24H25N3O7/c1-15-2-7-19(28)18(14-15)22(29)20-21(16-3-5-17(6-4-16)27(32)33)26(24(31)23(20)30)9-8-25-10-12-34-13-11-25/h2-7,14,21,28-29H,8-13H2,1H3/t21-/m0/s1. The van der Waals surface area contributed by atoms with Crippen LogP contribution in [0.1, 0.15) is 22.7 Å². The number of aryl methyl sites for hydroxylation is 1. The normalized spacial score (nSPS) is 20.6. The number of morpholine rings is 1. The van der Waals surface area contributed by atoms with Crippen molar-refractivity contribution >= 4 is 23.1 Å². The lowest BCUT2D eigenvalue weighted by atomic mass is 9.94. The number of hydrogen-bond donors (Lipinski definition) is 2. The van der Waals surface area contributed by atoms with Gasteiger partial charge in [-0.2, -0.15) is 0 Å². The molecule has 178 valence electrons. The molecule has 2 aliphatic heterocycles. The van der Waals surface area contributed by atoms with E-state index in [9.17, 15) is 29.9 Å². The van der Waals surface area contributed by atoms with E-state index in [1.165, 1.54) is 41.3 Å². The smallest absolute Gasteiger partial charge is 0.295 e. The van der Waals surface area contributed by atoms with Gasteiger partial charge in [0.15, 0.2) is 0 Å². The van der Waals surface area contributed by atoms with Crippen LogP contribution in [-0.4, -0.2) is 76.0 Å². The molecule has 10 nitrogen and oxygen atoms in total. The third-order valence-electron chi connectivity index (χ3n) is 6.13. The molecule has 2 heterocycles. The molecule has 0 bridgehead atoms. The van der Waals surface area contributed by atoms with Crippen LogP contribution >= 0.6 is 0 Å². The first kappa shape index (κ1) is 23.4. The molecule has 2 aliphatic rings. The van der Waals surface area contributed by atoms with Crippen molar-refractivity contribution in [1.29, 1.82) is 0 Å². The zero-order valence-electron chi connectivity index (χ0n) is 18.6. The molecule has 0 radical (unpaired) electrons. The maximum absolute atomic E-state index is 13.1. The molecule has 2 fully saturated rings. The van der Waals surface area contributed by atoms with Crippen LogP contribution in [-0.2, 0) is 14.3 Å². The molecule has 0 unspecified atom stereocenters. The minimum absolute atomic E-state index is 0.0399. The van der Waals surface area contributed by atoms with Crippen LogP contribution in [0.3, 0.4) is 0 Å². The van der Waals surface area contributed by atoms with Crippen LogP contribution in [0.2, 0.25) is 0 Å². The second-order valence-corrected chi connectivity index (χ2v) is 8.32. The number of phenolic OH excluding ortho intramolecular Hbond substituents is 1. The van der Waals surface area contributed by atoms with Gasteiger partial charge in [-0.05, 0) is 36.8 Å². The van der Waals surface area contributed by atoms with Gasteiger partial charge in [0.1, 0.15) is 11.5 Å². The first-order chi connectivity index (χ1) is 16.3. The quantitative estimate of drug-likeness (QED) is 0.217. The van der Waals surface area contributed by atoms with Gasteiger partial charge in [-0.15, -0.1) is 0 Å². The molecular weight excluding hydrogens is 442 g/mol. The van der Waals surface area contributed by atoms with Gasteiger partial charge in [0, 0.05) is 38.3 Å². The van der Waals surface area contributed by atoms with E-state index in [2.05, 4.69) is 4.90 Å². The molecule has 2 N–H and O–H groups in total. The zero-order valence-corrected chi connectivity index (χ0v) is 18.6. The molecular formula is C24H25N3O7. The Bertz CT molecular complexity index is 1150. The monoisotopic (exact) mass is 467 g/mol. The summed E-state index contributed by atoms with van der Waals surface area (Å²) in [6, 6.07) is 9.16. The van der Waals surface area contributed by atoms with E-state index in [1.807, 2.05) is 0 Å². The van der Waals surface area contributed by atoms with Gasteiger partial charge in [0.25, 0.3) is 17.4 Å². The van der Waals surface area contributed by atoms with Gasteiger partial charge in [0.2, 0.25) is 0 Å². The highest BCUT2D eigenvalue weighted by Crippen LogP contribution is 2.41. The van der Waals surface area contributed by atoms with Crippen LogP contribution in [0.25, 0.3) is 5.76 Å². The number of aromatic hydroxyl groups is 1. The predicted octanol–water partition coefficient (Wildman–Crippen LogP) is 2.36. The molecule has 0 spiro atoms. The number of aliphatic hydroxyl groups is 1. The van der Waals surface area contributed by atoms with E-state index in [0.717, 1.165) is 5.56 Å². The van der Waals surface area contributed by atoms with Crippen LogP contribution in [0.15, 0.2) is 48.0 Å². The number of carbonyl (C=O) groups excluding carboxylic acids is 2. The highest BCUT2D eigenvalue weighted by Gasteiger charge is 2.46. The number of nitrogens with zero attached hydrogens (tertiary/aromatic N) is 3. The largest absolute Gasteiger partial charge is 0.507 e. The van der Waals surface area contributed by atoms with Gasteiger partial charge >= 0.3 is 0 Å². The van der Waals surface area contributed by atoms with E-state index in [4.69, 9.17) is 4.74 Å². The number of likely N-dealkylation sites (tertiary alicyclic amines) is 1. The maximum atomic E-state index is 13.1. The molecule has 2 aromatic carbocycles. The molecule has 0 aromatic heterocycles. The number of ether oxygens (including phenoxy) is 1. The maximum Gasteiger partial charge on any atom is 0.295 e. The summed E-state index contributed by atoms with van der Waals surface area (Å²) in [4.78, 5) is 40.2. The summed E-state index contributed by atoms with van der Waals surface area (Å²) in [6.07, 6.45) is 0. The number of carbonyl (C=O) groups is 2. The fraction of sp³-hybridized carbons (Fsp3) is 0.333. The number of Topliss-reactive ketones (excluding diaryl/α,β-unsaturated/α-hetero) is 1. The summed E-state index contributed by atoms with van der Waals surface area (Å²) in [6.45, 7) is 5.03. The Labute approximate surface area is 195 Å². The van der Waals surface area contributed by atoms with E-state index in [-0.39, 0.29) is 29.1 Å². The van der Waals surface area contributed by atoms with Gasteiger partial charge in [0.05, 0.1) is 35.3 Å². The lowest BCUT2D eigenvalue weighted by Gasteiger charge is -2.31. The average Bonchev–Trinajstić information content (AvgIpc) is 3.09. The van der Waals surface area contributed by atoms with E-state index in [1.54, 1.807) is 13.0 Å². The molecule has 10 heteroatoms. The number of ketones is 1. The van der Waals surface area contributed by atoms with Crippen LogP contribution in [0.5, 0.6) is 5.75 Å². The van der Waals surface area contributed by atoms with Gasteiger partial charge < -0.3 is 19.8 Å². The zero-order chi connectivity index (χ0) is 24.4. The molecule has 0 aliphatic carbocycles. The average molecular weight is 467 g/mol. The van der Waals surface area contributed by atoms with Crippen molar-refractivity contribution in [1.82, 2.24) is 9.80 Å². The topological polar surface area (TPSA) is 133 Å². The van der Waals surface area contributed by atoms with Crippen molar-refractivity contribution in [3.63, 3.8) is 0 Å². The van der Waals surface area contributed by atoms with Crippen LogP contribution < -0.4 is 0 Å². The third kappa shape index (κ3) is 4.50. The summed E-state index contributed by atoms with van der Waals surface area (Å²) in [5, 5.41) is 32.5. The van der Waals surface area contributed by atoms with Crippen molar-refractivity contribution in [2.45, 2.75) is 13.0 Å². The number of aliphatic hydroxyl groups excluding tert-OH is 1. The Kier molecular flexibility index (Phi) is 6.62. The number of nitro groups is 1. The third-order valence-corrected chi connectivity index (χ3v) is 6.13. The summed E-state index contributed by atoms with van der Waals surface area (Å²) in [5.74, 6) is -2.36. The Morgan fingerprint density at radius 1 is 1.12 bits per heavy atom. The van der Waals surface area contributed by atoms with Crippen molar-refractivity contribution in [3.8, 4) is 5.75 Å². The molecule has 1 amide bonds. The lowest BCUT2D eigenvalue weighted by Crippen LogP contribution is -2.42. The Hall–Kier alpha value is -3.76. The van der Waals surface area contributed by atoms with Crippen molar-refractivity contribution in [3.05, 3.63) is 74.8 Å². The minimum atomic E-state index is -0.957. The van der Waals surface area contributed by atoms with E-state index < -0.39 is 28.4 Å². The number of amides is 1. The Morgan fingerprint density at radius 2 is 1.79 bits per heavy atom. The fourth-order valence-electron chi connectivity index (χ4n) is 4.29. The number of rotatable bonds is 6. The summed E-state index contributed by atoms with van der Waals surface area (Å²) in [7, 11) is 0. The van der Waals surface area contributed by atoms with Crippen molar-refractivity contribution < 1.29 is 29.5 Å². The molecule has 2 saturated heterocycles. The van der Waals surface area contributed by atoms with Crippen LogP contribution in [0.4, 0.5) is 5.69 Å². The number of benzene rings is 2. The number of non-ortho nitro benzene ring substituents is 1. The van der Waals surface area contributed by atoms with Crippen molar-refractivity contribution in [2.24, 2.45) is 0 Å². The molecule has 34 heavy (non-hydrogen) atoms. The fourth-order valence-corrected chi connectivity index (χ4v) is 4.29. The van der Waals surface area contributed by atoms with Gasteiger partial charge in [-0.25, -0.2) is 0 Å². The SMILES string of the molecule is Cc1ccc(O)c(C(O)=C2C(=O)C(=O)N(CCN3CCOCC3)[C@H]2c2ccc([N+](=O)[O-])cc2)c1. The first-order valence-corrected chi connectivity index (χ1v) is 10.9. The predicted molar refractivity (Wildman–Crippen MR) is 122 cm³/mol. The second-order valence-electron chi connectivity index (χ2n) is 8.32. The summed E-state index contributed by atoms with van der Waals surface area (Å²) in [5.41, 5.74) is 0.929. The van der Waals surface area contributed by atoms with Gasteiger partial charge in [-0.1, -0.05) is 11.6 Å². The molecule has 4 rings (SSSR count). The Morgan fingerprint density at radius 3 is 2.44 bits per heavy atom. The number of nitro benzene ring substituents is 1. The first-order valence-electron chi connectivity index (χ1n) is 10.9. The number of phenols is 1. The van der Waals surface area contributed by atoms with Crippen molar-refractivity contribution in [2.75, 3.05) is 39.4 Å². The molecule has 1 atom stereocenters. The highest BCUT2D eigenvalue weighted by molar-refractivity contribution is 6.46. The number of hydrogen-bond acceptors (Lipinski definition) is 8. The highest BCUT2D eigenvalue weighted by atomic mass is 16.6. The Balaban J connectivity index is 1.78. The summed E-state index contributed by atoms with van der Waals surface area (Å²) < 4.78 is 5.35. The summed E-state index contributed by atoms with van der Waals surface area (Å²) >= 11 is 0. The van der Waals surface area contributed by atoms with Crippen LogP contribution in [0, 0.1) is 17.0 Å². The van der Waals surface area contributed by atoms with E-state index >= 15 is 0 Å². The molecule has 0 saturated carbocycles. The molecule has 2 aromatic rings. The lowest BCUT2D eigenvalue weighted by molar-refractivity contribution is -0.384. The van der Waals surface area contributed by atoms with Gasteiger partial charge in [-0.3, -0.25) is 24.6 Å². The minimum Gasteiger partial charge on any atom is -0.507 e. The van der Waals surface area contributed by atoms with E-state index in [0.29, 0.717) is 38.4 Å².